The van der Waals surface area contributed by atoms with Gasteiger partial charge in [0, 0.05) is 0 Å². The highest BCUT2D eigenvalue weighted by Crippen LogP contribution is 2.21. The van der Waals surface area contributed by atoms with Gasteiger partial charge in [0.25, 0.3) is 20.0 Å². The van der Waals surface area contributed by atoms with Gasteiger partial charge in [0.1, 0.15) is 9.79 Å². The number of urea groups is 1. The second-order valence-corrected chi connectivity index (χ2v) is 8.73. The molecule has 0 atom stereocenters. The maximum atomic E-state index is 12.7. The Bertz CT molecular complexity index is 1150. The Morgan fingerprint density at radius 2 is 1.58 bits per heavy atom. The van der Waals surface area contributed by atoms with E-state index >= 15 is 0 Å². The summed E-state index contributed by atoms with van der Waals surface area (Å²) in [4.78, 5) is 25.0. The lowest BCUT2D eigenvalue weighted by Crippen LogP contribution is -2.36. The first-order chi connectivity index (χ1) is 14.6. The number of aromatic nitrogens is 2. The van der Waals surface area contributed by atoms with Crippen LogP contribution in [0.25, 0.3) is 0 Å². The van der Waals surface area contributed by atoms with Gasteiger partial charge in [0.2, 0.25) is 17.7 Å². The number of nitrogens with one attached hydrogen (secondary N) is 3. The van der Waals surface area contributed by atoms with Gasteiger partial charge in [-0.2, -0.15) is 9.97 Å². The van der Waals surface area contributed by atoms with Crippen LogP contribution in [0.5, 0.6) is 11.8 Å². The van der Waals surface area contributed by atoms with E-state index in [1.54, 1.807) is 9.61 Å². The lowest BCUT2D eigenvalue weighted by atomic mass is 10.4. The van der Waals surface area contributed by atoms with Crippen molar-refractivity contribution >= 4 is 32.0 Å². The van der Waals surface area contributed by atoms with Gasteiger partial charge in [-0.05, 0) is 12.1 Å². The van der Waals surface area contributed by atoms with E-state index in [4.69, 9.17) is 9.47 Å². The number of ether oxygens (including phenoxy) is 2. The van der Waals surface area contributed by atoms with E-state index in [1.165, 1.54) is 38.5 Å². The second-order valence-electron chi connectivity index (χ2n) is 5.47. The fourth-order valence-corrected chi connectivity index (χ4v) is 4.64. The summed E-state index contributed by atoms with van der Waals surface area (Å²) < 4.78 is 61.6. The zero-order valence-corrected chi connectivity index (χ0v) is 18.0. The molecule has 0 aliphatic carbocycles. The van der Waals surface area contributed by atoms with Crippen LogP contribution >= 0.6 is 0 Å². The maximum absolute atomic E-state index is 12.7. The van der Waals surface area contributed by atoms with Crippen LogP contribution in [0.4, 0.5) is 10.7 Å². The Hall–Kier alpha value is -3.27. The SMILES string of the molecule is C=CCONS(=O)(=O)c1ccccc1S(=O)(=O)NC(=O)Nc1nc(OC)cc(OC)n1. The highest BCUT2D eigenvalue weighted by Gasteiger charge is 2.28. The number of benzene rings is 1. The van der Waals surface area contributed by atoms with E-state index in [1.807, 2.05) is 0 Å². The van der Waals surface area contributed by atoms with Crippen molar-refractivity contribution in [3.63, 3.8) is 0 Å². The minimum atomic E-state index is -4.63. The lowest BCUT2D eigenvalue weighted by Gasteiger charge is -2.13. The molecule has 3 N–H and O–H groups in total. The lowest BCUT2D eigenvalue weighted by molar-refractivity contribution is 0.119. The molecule has 2 aromatic rings. The zero-order chi connectivity index (χ0) is 23.1. The average Bonchev–Trinajstić information content (AvgIpc) is 2.73. The third-order valence-electron chi connectivity index (χ3n) is 3.35. The molecule has 2 amide bonds. The van der Waals surface area contributed by atoms with E-state index in [2.05, 4.69) is 26.7 Å². The first-order valence-corrected chi connectivity index (χ1v) is 11.2. The van der Waals surface area contributed by atoms with Gasteiger partial charge in [-0.3, -0.25) is 10.2 Å². The van der Waals surface area contributed by atoms with Gasteiger partial charge < -0.3 is 9.47 Å². The number of anilines is 1. The van der Waals surface area contributed by atoms with Gasteiger partial charge in [0.15, 0.2) is 0 Å². The molecule has 31 heavy (non-hydrogen) atoms. The van der Waals surface area contributed by atoms with Crippen LogP contribution in [0.15, 0.2) is 52.8 Å². The van der Waals surface area contributed by atoms with Crippen LogP contribution < -0.4 is 24.4 Å². The molecule has 0 radical (unpaired) electrons. The Morgan fingerprint density at radius 1 is 1.03 bits per heavy atom. The van der Waals surface area contributed by atoms with E-state index in [9.17, 15) is 21.6 Å². The molecule has 2 rings (SSSR count). The minimum Gasteiger partial charge on any atom is -0.481 e. The molecule has 0 unspecified atom stereocenters. The first-order valence-electron chi connectivity index (χ1n) is 8.27. The molecular weight excluding hydrogens is 454 g/mol. The van der Waals surface area contributed by atoms with E-state index < -0.39 is 35.9 Å². The predicted molar refractivity (Wildman–Crippen MR) is 107 cm³/mol. The molecule has 0 spiro atoms. The van der Waals surface area contributed by atoms with Crippen molar-refractivity contribution in [3.8, 4) is 11.8 Å². The number of methoxy groups -OCH3 is 2. The molecule has 0 saturated carbocycles. The topological polar surface area (TPSA) is 175 Å². The van der Waals surface area contributed by atoms with Crippen molar-refractivity contribution in [3.05, 3.63) is 43.0 Å². The standard InChI is InChI=1S/C16H19N5O8S2/c1-4-9-29-21-31(25,26)12-8-6-5-7-11(12)30(23,24)20-16(22)19-15-17-13(27-2)10-14(18-15)28-3/h4-8,10,21H,1,9H2,2-3H3,(H2,17,18,19,20,22). The van der Waals surface area contributed by atoms with Crippen molar-refractivity contribution in [2.24, 2.45) is 0 Å². The van der Waals surface area contributed by atoms with Crippen LogP contribution in [0.2, 0.25) is 0 Å². The van der Waals surface area contributed by atoms with Crippen LogP contribution in [0, 0.1) is 0 Å². The van der Waals surface area contributed by atoms with E-state index in [0.717, 1.165) is 12.1 Å². The molecule has 13 nitrogen and oxygen atoms in total. The molecular formula is C16H19N5O8S2. The second kappa shape index (κ2) is 10.2. The molecule has 1 aromatic carbocycles. The number of nitrogens with zero attached hydrogens (tertiary/aromatic N) is 2. The highest BCUT2D eigenvalue weighted by atomic mass is 32.2. The molecule has 168 valence electrons. The summed E-state index contributed by atoms with van der Waals surface area (Å²) in [6.07, 6.45) is 1.28. The zero-order valence-electron chi connectivity index (χ0n) is 16.4. The summed E-state index contributed by atoms with van der Waals surface area (Å²) >= 11 is 0. The van der Waals surface area contributed by atoms with Crippen LogP contribution in [0.3, 0.4) is 0 Å². The molecule has 0 saturated heterocycles. The van der Waals surface area contributed by atoms with Gasteiger partial charge in [-0.15, -0.1) is 6.58 Å². The molecule has 0 aliphatic rings. The Morgan fingerprint density at radius 3 is 2.10 bits per heavy atom. The molecule has 15 heteroatoms. The first kappa shape index (κ1) is 24.0. The quantitative estimate of drug-likeness (QED) is 0.249. The average molecular weight is 473 g/mol. The van der Waals surface area contributed by atoms with Crippen molar-refractivity contribution in [1.29, 1.82) is 0 Å². The van der Waals surface area contributed by atoms with Crippen molar-refractivity contribution in [1.82, 2.24) is 19.6 Å². The van der Waals surface area contributed by atoms with Gasteiger partial charge >= 0.3 is 6.03 Å². The van der Waals surface area contributed by atoms with Crippen molar-refractivity contribution in [2.45, 2.75) is 9.79 Å². The Labute approximate surface area is 178 Å². The van der Waals surface area contributed by atoms with Crippen LogP contribution in [-0.2, 0) is 24.9 Å². The Balaban J connectivity index is 2.27. The summed E-state index contributed by atoms with van der Waals surface area (Å²) in [5.74, 6) is -0.219. The van der Waals surface area contributed by atoms with Gasteiger partial charge in [-0.1, -0.05) is 23.1 Å². The number of carbonyl (C=O) groups excluding carboxylic acids is 1. The third-order valence-corrected chi connectivity index (χ3v) is 6.14. The van der Waals surface area contributed by atoms with E-state index in [0.29, 0.717) is 0 Å². The monoisotopic (exact) mass is 473 g/mol. The number of sulfonamides is 2. The maximum Gasteiger partial charge on any atom is 0.335 e. The molecule has 0 fully saturated rings. The predicted octanol–water partition coefficient (Wildman–Crippen LogP) is 0.400. The largest absolute Gasteiger partial charge is 0.481 e. The number of amides is 2. The normalized spacial score (nSPS) is 11.4. The number of rotatable bonds is 10. The fraction of sp³-hybridized carbons (Fsp3) is 0.188. The summed E-state index contributed by atoms with van der Waals surface area (Å²) in [5, 5.41) is 2.11. The molecule has 0 bridgehead atoms. The summed E-state index contributed by atoms with van der Waals surface area (Å²) in [7, 11) is -6.38. The smallest absolute Gasteiger partial charge is 0.335 e. The Kier molecular flexibility index (Phi) is 7.87. The van der Waals surface area contributed by atoms with Gasteiger partial charge in [0.05, 0.1) is 26.9 Å². The fourth-order valence-electron chi connectivity index (χ4n) is 2.08. The molecule has 1 aromatic heterocycles. The van der Waals surface area contributed by atoms with Crippen molar-refractivity contribution < 1.29 is 35.9 Å². The van der Waals surface area contributed by atoms with Gasteiger partial charge in [-0.25, -0.2) is 26.4 Å². The highest BCUT2D eigenvalue weighted by molar-refractivity contribution is 7.92. The number of carbonyl (C=O) groups is 1. The summed E-state index contributed by atoms with van der Waals surface area (Å²) in [6, 6.07) is 4.70. The minimum absolute atomic E-state index is 0.0482. The summed E-state index contributed by atoms with van der Waals surface area (Å²) in [5.41, 5.74) is 0. The summed E-state index contributed by atoms with van der Waals surface area (Å²) in [6.45, 7) is 3.21. The van der Waals surface area contributed by atoms with E-state index in [-0.39, 0.29) is 24.3 Å². The van der Waals surface area contributed by atoms with Crippen LogP contribution in [0.1, 0.15) is 0 Å². The molecule has 1 heterocycles. The third kappa shape index (κ3) is 6.35. The van der Waals surface area contributed by atoms with Crippen LogP contribution in [-0.4, -0.2) is 53.7 Å². The number of hydrogen-bond acceptors (Lipinski definition) is 10. The van der Waals surface area contributed by atoms with Crippen molar-refractivity contribution in [2.75, 3.05) is 26.1 Å². The number of hydrogen-bond donors (Lipinski definition) is 3. The molecule has 0 aliphatic heterocycles.